The monoisotopic (exact) mass is 311 g/mol. The quantitative estimate of drug-likeness (QED) is 0.852. The van der Waals surface area contributed by atoms with Crippen LogP contribution in [0.1, 0.15) is 23.4 Å². The molecule has 1 aromatic carbocycles. The van der Waals surface area contributed by atoms with Gasteiger partial charge in [-0.3, -0.25) is 0 Å². The summed E-state index contributed by atoms with van der Waals surface area (Å²) in [6.45, 7) is 4.24. The lowest BCUT2D eigenvalue weighted by molar-refractivity contribution is 0.404. The Labute approximate surface area is 128 Å². The molecule has 1 aromatic heterocycles. The van der Waals surface area contributed by atoms with E-state index in [2.05, 4.69) is 30.6 Å². The van der Waals surface area contributed by atoms with E-state index in [-0.39, 0.29) is 6.04 Å². The molecule has 0 saturated heterocycles. The first kappa shape index (κ1) is 15.0. The van der Waals surface area contributed by atoms with Crippen molar-refractivity contribution in [2.45, 2.75) is 19.9 Å². The summed E-state index contributed by atoms with van der Waals surface area (Å²) in [6, 6.07) is 5.93. The summed E-state index contributed by atoms with van der Waals surface area (Å²) in [7, 11) is 3.23. The molecule has 1 heterocycles. The molecular formula is C15H18ClNO2S. The number of benzene rings is 1. The lowest BCUT2D eigenvalue weighted by atomic mass is 10.1. The van der Waals surface area contributed by atoms with E-state index < -0.39 is 0 Å². The van der Waals surface area contributed by atoms with Crippen LogP contribution in [0.4, 0.5) is 5.69 Å². The highest BCUT2D eigenvalue weighted by atomic mass is 35.5. The van der Waals surface area contributed by atoms with Gasteiger partial charge in [0.15, 0.2) is 0 Å². The van der Waals surface area contributed by atoms with Gasteiger partial charge in [-0.15, -0.1) is 11.3 Å². The molecule has 2 aromatic rings. The van der Waals surface area contributed by atoms with Crippen molar-refractivity contribution in [3.05, 3.63) is 39.0 Å². The summed E-state index contributed by atoms with van der Waals surface area (Å²) in [5, 5.41) is 6.09. The minimum atomic E-state index is 0.190. The van der Waals surface area contributed by atoms with Crippen molar-refractivity contribution >= 4 is 28.6 Å². The third kappa shape index (κ3) is 3.02. The van der Waals surface area contributed by atoms with Crippen LogP contribution >= 0.6 is 22.9 Å². The van der Waals surface area contributed by atoms with E-state index in [0.717, 1.165) is 5.69 Å². The fourth-order valence-electron chi connectivity index (χ4n) is 2.10. The van der Waals surface area contributed by atoms with Crippen LogP contribution in [0.3, 0.4) is 0 Å². The van der Waals surface area contributed by atoms with Gasteiger partial charge in [-0.1, -0.05) is 11.6 Å². The lowest BCUT2D eigenvalue weighted by Crippen LogP contribution is -2.07. The van der Waals surface area contributed by atoms with E-state index in [1.807, 2.05) is 6.07 Å². The van der Waals surface area contributed by atoms with E-state index in [4.69, 9.17) is 21.1 Å². The molecule has 0 bridgehead atoms. The third-order valence-corrected chi connectivity index (χ3v) is 4.64. The number of rotatable bonds is 5. The van der Waals surface area contributed by atoms with Crippen molar-refractivity contribution in [2.75, 3.05) is 19.5 Å². The van der Waals surface area contributed by atoms with E-state index in [1.54, 1.807) is 31.6 Å². The SMILES string of the molecule is COc1cc(NC(C)c2sccc2C)c(OC)cc1Cl. The molecule has 0 aliphatic rings. The predicted octanol–water partition coefficient (Wildman–Crippen LogP) is 4.90. The second-order valence-electron chi connectivity index (χ2n) is 4.52. The van der Waals surface area contributed by atoms with Gasteiger partial charge in [0.05, 0.1) is 31.0 Å². The molecule has 3 nitrogen and oxygen atoms in total. The Balaban J connectivity index is 2.30. The lowest BCUT2D eigenvalue weighted by Gasteiger charge is -2.18. The fraction of sp³-hybridized carbons (Fsp3) is 0.333. The highest BCUT2D eigenvalue weighted by Gasteiger charge is 2.15. The number of ether oxygens (including phenoxy) is 2. The van der Waals surface area contributed by atoms with E-state index in [1.165, 1.54) is 10.4 Å². The maximum absolute atomic E-state index is 6.11. The van der Waals surface area contributed by atoms with Crippen LogP contribution in [0.2, 0.25) is 5.02 Å². The number of aryl methyl sites for hydroxylation is 1. The highest BCUT2D eigenvalue weighted by molar-refractivity contribution is 7.10. The normalized spacial score (nSPS) is 12.1. The maximum atomic E-state index is 6.11. The van der Waals surface area contributed by atoms with Crippen LogP contribution < -0.4 is 14.8 Å². The van der Waals surface area contributed by atoms with E-state index in [0.29, 0.717) is 16.5 Å². The van der Waals surface area contributed by atoms with Gasteiger partial charge >= 0.3 is 0 Å². The zero-order valence-corrected chi connectivity index (χ0v) is 13.6. The molecule has 1 unspecified atom stereocenters. The smallest absolute Gasteiger partial charge is 0.143 e. The highest BCUT2D eigenvalue weighted by Crippen LogP contribution is 2.38. The number of hydrogen-bond donors (Lipinski definition) is 1. The number of nitrogens with one attached hydrogen (secondary N) is 1. The summed E-state index contributed by atoms with van der Waals surface area (Å²) in [5.74, 6) is 1.34. The Hall–Kier alpha value is -1.39. The number of hydrogen-bond acceptors (Lipinski definition) is 4. The second kappa shape index (κ2) is 6.37. The first-order valence-electron chi connectivity index (χ1n) is 6.28. The van der Waals surface area contributed by atoms with Gasteiger partial charge in [0, 0.05) is 17.0 Å². The summed E-state index contributed by atoms with van der Waals surface area (Å²) >= 11 is 7.85. The Morgan fingerprint density at radius 3 is 2.45 bits per heavy atom. The minimum Gasteiger partial charge on any atom is -0.495 e. The van der Waals surface area contributed by atoms with Gasteiger partial charge in [0.25, 0.3) is 0 Å². The predicted molar refractivity (Wildman–Crippen MR) is 85.6 cm³/mol. The van der Waals surface area contributed by atoms with Crippen LogP contribution in [0.25, 0.3) is 0 Å². The molecule has 0 fully saturated rings. The summed E-state index contributed by atoms with van der Waals surface area (Å²) in [4.78, 5) is 1.31. The molecule has 0 aliphatic heterocycles. The van der Waals surface area contributed by atoms with E-state index in [9.17, 15) is 0 Å². The molecule has 1 N–H and O–H groups in total. The van der Waals surface area contributed by atoms with Crippen LogP contribution in [-0.4, -0.2) is 14.2 Å². The number of anilines is 1. The molecule has 2 rings (SSSR count). The van der Waals surface area contributed by atoms with Crippen molar-refractivity contribution < 1.29 is 9.47 Å². The van der Waals surface area contributed by atoms with Crippen molar-refractivity contribution in [2.24, 2.45) is 0 Å². The van der Waals surface area contributed by atoms with Gasteiger partial charge in [0.1, 0.15) is 11.5 Å². The molecule has 20 heavy (non-hydrogen) atoms. The number of thiophene rings is 1. The number of methoxy groups -OCH3 is 2. The Bertz CT molecular complexity index is 598. The summed E-state index contributed by atoms with van der Waals surface area (Å²) in [5.41, 5.74) is 2.16. The van der Waals surface area contributed by atoms with Crippen LogP contribution in [0, 0.1) is 6.92 Å². The Morgan fingerprint density at radius 1 is 1.20 bits per heavy atom. The van der Waals surface area contributed by atoms with Gasteiger partial charge in [0.2, 0.25) is 0 Å². The topological polar surface area (TPSA) is 30.5 Å². The van der Waals surface area contributed by atoms with Crippen LogP contribution in [0.5, 0.6) is 11.5 Å². The Kier molecular flexibility index (Phi) is 4.78. The largest absolute Gasteiger partial charge is 0.495 e. The molecule has 5 heteroatoms. The molecule has 0 amide bonds. The van der Waals surface area contributed by atoms with Gasteiger partial charge in [-0.25, -0.2) is 0 Å². The second-order valence-corrected chi connectivity index (χ2v) is 5.88. The fourth-order valence-corrected chi connectivity index (χ4v) is 3.27. The molecule has 0 radical (unpaired) electrons. The van der Waals surface area contributed by atoms with E-state index >= 15 is 0 Å². The van der Waals surface area contributed by atoms with Gasteiger partial charge in [-0.2, -0.15) is 0 Å². The average Bonchev–Trinajstić information content (AvgIpc) is 2.86. The molecule has 1 atom stereocenters. The first-order chi connectivity index (χ1) is 9.56. The van der Waals surface area contributed by atoms with Crippen molar-refractivity contribution in [3.8, 4) is 11.5 Å². The molecule has 0 saturated carbocycles. The van der Waals surface area contributed by atoms with Gasteiger partial charge in [-0.05, 0) is 30.9 Å². The molecule has 0 aliphatic carbocycles. The standard InChI is InChI=1S/C15H18ClNO2S/c1-9-5-6-20-15(9)10(2)17-12-8-13(18-3)11(16)7-14(12)19-4/h5-8,10,17H,1-4H3. The average molecular weight is 312 g/mol. The zero-order valence-electron chi connectivity index (χ0n) is 12.0. The number of halogens is 1. The molecule has 108 valence electrons. The van der Waals surface area contributed by atoms with Crippen LogP contribution in [-0.2, 0) is 0 Å². The summed E-state index contributed by atoms with van der Waals surface area (Å²) in [6.07, 6.45) is 0. The van der Waals surface area contributed by atoms with Crippen molar-refractivity contribution in [3.63, 3.8) is 0 Å². The van der Waals surface area contributed by atoms with Crippen molar-refractivity contribution in [1.82, 2.24) is 0 Å². The Morgan fingerprint density at radius 2 is 1.90 bits per heavy atom. The zero-order chi connectivity index (χ0) is 14.7. The third-order valence-electron chi connectivity index (χ3n) is 3.14. The van der Waals surface area contributed by atoms with Crippen molar-refractivity contribution in [1.29, 1.82) is 0 Å². The molecular weight excluding hydrogens is 294 g/mol. The maximum Gasteiger partial charge on any atom is 0.143 e. The summed E-state index contributed by atoms with van der Waals surface area (Å²) < 4.78 is 10.6. The van der Waals surface area contributed by atoms with Gasteiger partial charge < -0.3 is 14.8 Å². The van der Waals surface area contributed by atoms with Crippen LogP contribution in [0.15, 0.2) is 23.6 Å². The first-order valence-corrected chi connectivity index (χ1v) is 7.54. The minimum absolute atomic E-state index is 0.190. The molecule has 0 spiro atoms.